The number of anilines is 1. The van der Waals surface area contributed by atoms with Gasteiger partial charge in [0.05, 0.1) is 6.10 Å². The van der Waals surface area contributed by atoms with Crippen molar-refractivity contribution in [3.63, 3.8) is 0 Å². The molecule has 1 aromatic heterocycles. The zero-order chi connectivity index (χ0) is 12.8. The second-order valence-corrected chi connectivity index (χ2v) is 4.46. The van der Waals surface area contributed by atoms with Crippen molar-refractivity contribution in [1.29, 1.82) is 0 Å². The molecule has 2 aromatic rings. The third kappa shape index (κ3) is 3.57. The van der Waals surface area contributed by atoms with Crippen molar-refractivity contribution in [1.82, 2.24) is 4.98 Å². The van der Waals surface area contributed by atoms with E-state index in [9.17, 15) is 5.11 Å². The van der Waals surface area contributed by atoms with Crippen molar-refractivity contribution in [2.45, 2.75) is 25.4 Å². The van der Waals surface area contributed by atoms with E-state index >= 15 is 0 Å². The number of hydrogen-bond donors (Lipinski definition) is 2. The minimum Gasteiger partial charge on any atom is -0.398 e. The summed E-state index contributed by atoms with van der Waals surface area (Å²) in [5.74, 6) is 0. The zero-order valence-corrected chi connectivity index (χ0v) is 10.3. The lowest BCUT2D eigenvalue weighted by Gasteiger charge is -2.11. The first-order chi connectivity index (χ1) is 8.75. The van der Waals surface area contributed by atoms with Gasteiger partial charge in [-0.2, -0.15) is 0 Å². The van der Waals surface area contributed by atoms with Crippen LogP contribution < -0.4 is 5.73 Å². The molecule has 3 nitrogen and oxygen atoms in total. The number of nitrogens with zero attached hydrogens (tertiary/aromatic N) is 1. The molecule has 0 aliphatic rings. The normalized spacial score (nSPS) is 12.3. The van der Waals surface area contributed by atoms with Crippen LogP contribution in [-0.2, 0) is 12.8 Å². The average Bonchev–Trinajstić information content (AvgIpc) is 2.40. The summed E-state index contributed by atoms with van der Waals surface area (Å²) in [4.78, 5) is 4.03. The monoisotopic (exact) mass is 242 g/mol. The minimum atomic E-state index is -0.378. The number of nitrogen functional groups attached to an aromatic ring is 1. The van der Waals surface area contributed by atoms with Gasteiger partial charge in [-0.25, -0.2) is 0 Å². The Bertz CT molecular complexity index is 485. The van der Waals surface area contributed by atoms with Gasteiger partial charge in [0.25, 0.3) is 0 Å². The van der Waals surface area contributed by atoms with Crippen molar-refractivity contribution in [2.75, 3.05) is 5.73 Å². The molecular weight excluding hydrogens is 224 g/mol. The van der Waals surface area contributed by atoms with E-state index in [1.807, 2.05) is 18.2 Å². The predicted molar refractivity (Wildman–Crippen MR) is 73.1 cm³/mol. The van der Waals surface area contributed by atoms with E-state index < -0.39 is 0 Å². The molecule has 0 radical (unpaired) electrons. The summed E-state index contributed by atoms with van der Waals surface area (Å²) in [5.41, 5.74) is 8.68. The van der Waals surface area contributed by atoms with Gasteiger partial charge in [0.2, 0.25) is 0 Å². The summed E-state index contributed by atoms with van der Waals surface area (Å²) in [7, 11) is 0. The lowest BCUT2D eigenvalue weighted by Crippen LogP contribution is -2.13. The first-order valence-corrected chi connectivity index (χ1v) is 6.16. The van der Waals surface area contributed by atoms with Crippen LogP contribution in [-0.4, -0.2) is 16.2 Å². The molecule has 0 amide bonds. The number of rotatable bonds is 5. The van der Waals surface area contributed by atoms with Crippen LogP contribution in [0.4, 0.5) is 5.69 Å². The number of hydrogen-bond acceptors (Lipinski definition) is 3. The van der Waals surface area contributed by atoms with Crippen LogP contribution >= 0.6 is 0 Å². The Kier molecular flexibility index (Phi) is 4.31. The quantitative estimate of drug-likeness (QED) is 0.845. The van der Waals surface area contributed by atoms with E-state index in [0.29, 0.717) is 12.1 Å². The van der Waals surface area contributed by atoms with Crippen molar-refractivity contribution in [3.05, 3.63) is 59.9 Å². The molecule has 1 aromatic carbocycles. The topological polar surface area (TPSA) is 59.1 Å². The SMILES string of the molecule is Nc1ccncc1CC(O)CCc1ccccc1. The zero-order valence-electron chi connectivity index (χ0n) is 10.3. The van der Waals surface area contributed by atoms with Crippen LogP contribution in [0.3, 0.4) is 0 Å². The maximum atomic E-state index is 10.0. The van der Waals surface area contributed by atoms with E-state index in [4.69, 9.17) is 5.73 Å². The minimum absolute atomic E-state index is 0.378. The Labute approximate surface area is 107 Å². The second-order valence-electron chi connectivity index (χ2n) is 4.46. The van der Waals surface area contributed by atoms with Gasteiger partial charge in [0.15, 0.2) is 0 Å². The molecule has 18 heavy (non-hydrogen) atoms. The molecule has 2 rings (SSSR count). The second kappa shape index (κ2) is 6.17. The fourth-order valence-corrected chi connectivity index (χ4v) is 1.94. The summed E-state index contributed by atoms with van der Waals surface area (Å²) in [6.07, 6.45) is 5.18. The molecule has 3 heteroatoms. The first kappa shape index (κ1) is 12.6. The van der Waals surface area contributed by atoms with Crippen LogP contribution in [0.5, 0.6) is 0 Å². The Morgan fingerprint density at radius 3 is 2.67 bits per heavy atom. The van der Waals surface area contributed by atoms with Gasteiger partial charge >= 0.3 is 0 Å². The Morgan fingerprint density at radius 1 is 1.17 bits per heavy atom. The van der Waals surface area contributed by atoms with Crippen molar-refractivity contribution in [3.8, 4) is 0 Å². The van der Waals surface area contributed by atoms with E-state index in [-0.39, 0.29) is 6.10 Å². The summed E-state index contributed by atoms with van der Waals surface area (Å²) in [5, 5.41) is 10.0. The highest BCUT2D eigenvalue weighted by Gasteiger charge is 2.08. The molecule has 0 fully saturated rings. The van der Waals surface area contributed by atoms with Crippen LogP contribution in [0.25, 0.3) is 0 Å². The first-order valence-electron chi connectivity index (χ1n) is 6.16. The smallest absolute Gasteiger partial charge is 0.0585 e. The van der Waals surface area contributed by atoms with Gasteiger partial charge in [-0.05, 0) is 30.0 Å². The number of nitrogens with two attached hydrogens (primary N) is 1. The maximum absolute atomic E-state index is 10.0. The van der Waals surface area contributed by atoms with Crippen molar-refractivity contribution in [2.24, 2.45) is 0 Å². The number of aryl methyl sites for hydroxylation is 1. The predicted octanol–water partition coefficient (Wildman–Crippen LogP) is 2.20. The summed E-state index contributed by atoms with van der Waals surface area (Å²) < 4.78 is 0. The molecule has 0 aliphatic heterocycles. The van der Waals surface area contributed by atoms with Gasteiger partial charge in [0, 0.05) is 24.5 Å². The van der Waals surface area contributed by atoms with Gasteiger partial charge in [-0.1, -0.05) is 30.3 Å². The van der Waals surface area contributed by atoms with Crippen LogP contribution in [0.1, 0.15) is 17.5 Å². The van der Waals surface area contributed by atoms with Crippen molar-refractivity contribution >= 4 is 5.69 Å². The number of aliphatic hydroxyl groups excluding tert-OH is 1. The Hall–Kier alpha value is -1.87. The van der Waals surface area contributed by atoms with Crippen molar-refractivity contribution < 1.29 is 5.11 Å². The molecule has 0 saturated heterocycles. The molecule has 1 atom stereocenters. The third-order valence-corrected chi connectivity index (χ3v) is 3.01. The summed E-state index contributed by atoms with van der Waals surface area (Å²) >= 11 is 0. The molecule has 0 aliphatic carbocycles. The molecule has 0 saturated carbocycles. The fraction of sp³-hybridized carbons (Fsp3) is 0.267. The largest absolute Gasteiger partial charge is 0.398 e. The van der Waals surface area contributed by atoms with Crippen LogP contribution in [0, 0.1) is 0 Å². The van der Waals surface area contributed by atoms with E-state index in [1.165, 1.54) is 5.56 Å². The molecule has 1 unspecified atom stereocenters. The number of aliphatic hydroxyl groups is 1. The molecule has 0 bridgehead atoms. The number of pyridine rings is 1. The molecule has 94 valence electrons. The standard InChI is InChI=1S/C15H18N2O/c16-15-8-9-17-11-13(15)10-14(18)7-6-12-4-2-1-3-5-12/h1-5,8-9,11,14,18H,6-7,10H2,(H2,16,17). The van der Waals surface area contributed by atoms with Crippen LogP contribution in [0.15, 0.2) is 48.8 Å². The maximum Gasteiger partial charge on any atom is 0.0585 e. The molecule has 3 N–H and O–H groups in total. The average molecular weight is 242 g/mol. The highest BCUT2D eigenvalue weighted by Crippen LogP contribution is 2.14. The lowest BCUT2D eigenvalue weighted by molar-refractivity contribution is 0.165. The van der Waals surface area contributed by atoms with E-state index in [1.54, 1.807) is 18.5 Å². The van der Waals surface area contributed by atoms with Gasteiger partial charge in [-0.3, -0.25) is 4.98 Å². The third-order valence-electron chi connectivity index (χ3n) is 3.01. The number of benzene rings is 1. The number of aromatic nitrogens is 1. The van der Waals surface area contributed by atoms with E-state index in [2.05, 4.69) is 17.1 Å². The lowest BCUT2D eigenvalue weighted by atomic mass is 10.0. The Balaban J connectivity index is 1.86. The highest BCUT2D eigenvalue weighted by molar-refractivity contribution is 5.44. The van der Waals surface area contributed by atoms with Gasteiger partial charge in [0.1, 0.15) is 0 Å². The van der Waals surface area contributed by atoms with Gasteiger partial charge in [-0.15, -0.1) is 0 Å². The molecule has 1 heterocycles. The fourth-order valence-electron chi connectivity index (χ4n) is 1.94. The Morgan fingerprint density at radius 2 is 1.94 bits per heavy atom. The van der Waals surface area contributed by atoms with E-state index in [0.717, 1.165) is 18.4 Å². The van der Waals surface area contributed by atoms with Crippen LogP contribution in [0.2, 0.25) is 0 Å². The molecular formula is C15H18N2O. The summed E-state index contributed by atoms with van der Waals surface area (Å²) in [6, 6.07) is 11.9. The van der Waals surface area contributed by atoms with Gasteiger partial charge < -0.3 is 10.8 Å². The highest BCUT2D eigenvalue weighted by atomic mass is 16.3. The molecule has 0 spiro atoms. The summed E-state index contributed by atoms with van der Waals surface area (Å²) in [6.45, 7) is 0.